The molecule has 2 N–H and O–H groups in total. The molecule has 7 nitrogen and oxygen atoms in total. The smallest absolute Gasteiger partial charge is 0.337 e. The summed E-state index contributed by atoms with van der Waals surface area (Å²) >= 11 is 0. The fraction of sp³-hybridized carbons (Fsp3) is 0.267. The molecule has 0 spiro atoms. The van der Waals surface area contributed by atoms with Crippen LogP contribution in [0.5, 0.6) is 0 Å². The van der Waals surface area contributed by atoms with Crippen LogP contribution in [0.1, 0.15) is 5.56 Å². The number of carbonyl (C=O) groups is 2. The largest absolute Gasteiger partial charge is 0.466 e. The van der Waals surface area contributed by atoms with E-state index in [1.165, 1.54) is 11.0 Å². The zero-order valence-electron chi connectivity index (χ0n) is 12.6. The number of hydrogen-bond donors (Lipinski definition) is 2. The summed E-state index contributed by atoms with van der Waals surface area (Å²) in [5.74, 6) is -3.98. The van der Waals surface area contributed by atoms with Gasteiger partial charge in [0, 0.05) is 6.54 Å². The minimum atomic E-state index is -1.36. The van der Waals surface area contributed by atoms with Crippen LogP contribution in [0.2, 0.25) is 0 Å². The Hall–Kier alpha value is -2.99. The molecule has 1 aromatic carbocycles. The molecule has 0 aromatic heterocycles. The van der Waals surface area contributed by atoms with Crippen molar-refractivity contribution in [1.82, 2.24) is 4.90 Å². The van der Waals surface area contributed by atoms with Gasteiger partial charge in [-0.1, -0.05) is 0 Å². The maximum absolute atomic E-state index is 13.7. The van der Waals surface area contributed by atoms with Gasteiger partial charge in [0.05, 0.1) is 31.5 Å². The molecule has 0 atom stereocenters. The SMILES string of the molecule is COC(=O)C1=C(Nc2ccc(F)c(F)c2C#N)C(=O)N(CCO)C1. The van der Waals surface area contributed by atoms with Crippen molar-refractivity contribution >= 4 is 17.6 Å². The molecule has 0 radical (unpaired) electrons. The van der Waals surface area contributed by atoms with E-state index < -0.39 is 29.1 Å². The fourth-order valence-corrected chi connectivity index (χ4v) is 2.25. The molecular weight excluding hydrogens is 324 g/mol. The van der Waals surface area contributed by atoms with E-state index in [2.05, 4.69) is 10.1 Å². The number of aliphatic hydroxyl groups is 1. The van der Waals surface area contributed by atoms with E-state index in [1.807, 2.05) is 0 Å². The monoisotopic (exact) mass is 337 g/mol. The molecule has 1 amide bonds. The van der Waals surface area contributed by atoms with Crippen molar-refractivity contribution in [2.45, 2.75) is 0 Å². The maximum atomic E-state index is 13.7. The number of benzene rings is 1. The highest BCUT2D eigenvalue weighted by atomic mass is 19.2. The summed E-state index contributed by atoms with van der Waals surface area (Å²) in [6.07, 6.45) is 0. The van der Waals surface area contributed by atoms with Gasteiger partial charge in [-0.3, -0.25) is 4.79 Å². The number of esters is 1. The topological polar surface area (TPSA) is 103 Å². The van der Waals surface area contributed by atoms with Crippen molar-refractivity contribution in [3.63, 3.8) is 0 Å². The first-order valence-corrected chi connectivity index (χ1v) is 6.81. The third-order valence-corrected chi connectivity index (χ3v) is 3.42. The number of carbonyl (C=O) groups excluding carboxylic acids is 2. The summed E-state index contributed by atoms with van der Waals surface area (Å²) in [7, 11) is 1.13. The first-order chi connectivity index (χ1) is 11.4. The van der Waals surface area contributed by atoms with Crippen LogP contribution in [0.4, 0.5) is 14.5 Å². The van der Waals surface area contributed by atoms with E-state index in [9.17, 15) is 18.4 Å². The number of nitrogens with zero attached hydrogens (tertiary/aromatic N) is 2. The highest BCUT2D eigenvalue weighted by molar-refractivity contribution is 6.08. The van der Waals surface area contributed by atoms with Crippen LogP contribution in [0.25, 0.3) is 0 Å². The second kappa shape index (κ2) is 7.06. The number of aliphatic hydroxyl groups excluding tert-OH is 1. The second-order valence-electron chi connectivity index (χ2n) is 4.82. The Labute approximate surface area is 135 Å². The van der Waals surface area contributed by atoms with Crippen molar-refractivity contribution in [1.29, 1.82) is 5.26 Å². The number of β-amino-alcohol motifs (C(OH)–C–C–N with tert-alkyl or cyclic N) is 1. The van der Waals surface area contributed by atoms with E-state index in [1.54, 1.807) is 0 Å². The molecule has 1 aliphatic rings. The van der Waals surface area contributed by atoms with E-state index in [0.717, 1.165) is 19.2 Å². The number of hydrogen-bond acceptors (Lipinski definition) is 6. The van der Waals surface area contributed by atoms with Crippen LogP contribution < -0.4 is 5.32 Å². The quantitative estimate of drug-likeness (QED) is 0.759. The summed E-state index contributed by atoms with van der Waals surface area (Å²) in [6, 6.07) is 3.38. The number of anilines is 1. The Balaban J connectivity index is 2.45. The Bertz CT molecular complexity index is 771. The highest BCUT2D eigenvalue weighted by Gasteiger charge is 2.35. The standard InChI is InChI=1S/C15H13F2N3O4/c1-24-15(23)9-7-20(4-5-21)14(22)13(9)19-11-3-2-10(16)12(17)8(11)6-18/h2-3,19,21H,4-5,7H2,1H3. The number of rotatable bonds is 5. The van der Waals surface area contributed by atoms with Gasteiger partial charge in [0.15, 0.2) is 11.6 Å². The maximum Gasteiger partial charge on any atom is 0.337 e. The number of amides is 1. The number of halogens is 2. The van der Waals surface area contributed by atoms with Gasteiger partial charge in [0.1, 0.15) is 17.3 Å². The molecule has 0 unspecified atom stereocenters. The molecule has 126 valence electrons. The van der Waals surface area contributed by atoms with E-state index in [-0.39, 0.29) is 36.7 Å². The van der Waals surface area contributed by atoms with Gasteiger partial charge < -0.3 is 20.1 Å². The van der Waals surface area contributed by atoms with Crippen molar-refractivity contribution in [3.05, 3.63) is 40.6 Å². The molecule has 1 aliphatic heterocycles. The summed E-state index contributed by atoms with van der Waals surface area (Å²) in [6.45, 7) is -0.449. The summed E-state index contributed by atoms with van der Waals surface area (Å²) in [5, 5.41) is 20.5. The molecule has 0 aliphatic carbocycles. The summed E-state index contributed by atoms with van der Waals surface area (Å²) in [5.41, 5.74) is -1.03. The van der Waals surface area contributed by atoms with Gasteiger partial charge in [-0.05, 0) is 12.1 Å². The molecule has 0 saturated heterocycles. The number of methoxy groups -OCH3 is 1. The minimum absolute atomic E-state index is 0.0204. The molecule has 0 saturated carbocycles. The summed E-state index contributed by atoms with van der Waals surface area (Å²) < 4.78 is 31.5. The van der Waals surface area contributed by atoms with Gasteiger partial charge >= 0.3 is 5.97 Å². The minimum Gasteiger partial charge on any atom is -0.466 e. The van der Waals surface area contributed by atoms with Crippen LogP contribution in [0.15, 0.2) is 23.4 Å². The van der Waals surface area contributed by atoms with Crippen LogP contribution in [0.3, 0.4) is 0 Å². The molecular formula is C15H13F2N3O4. The zero-order valence-corrected chi connectivity index (χ0v) is 12.6. The van der Waals surface area contributed by atoms with Gasteiger partial charge in [0.25, 0.3) is 5.91 Å². The average molecular weight is 337 g/mol. The van der Waals surface area contributed by atoms with Crippen molar-refractivity contribution in [3.8, 4) is 6.07 Å². The van der Waals surface area contributed by atoms with E-state index in [0.29, 0.717) is 0 Å². The van der Waals surface area contributed by atoms with E-state index in [4.69, 9.17) is 10.4 Å². The van der Waals surface area contributed by atoms with Crippen LogP contribution in [0, 0.1) is 23.0 Å². The van der Waals surface area contributed by atoms with Crippen LogP contribution >= 0.6 is 0 Å². The molecule has 1 aromatic rings. The van der Waals surface area contributed by atoms with Crippen molar-refractivity contribution < 1.29 is 28.2 Å². The lowest BCUT2D eigenvalue weighted by atomic mass is 10.1. The van der Waals surface area contributed by atoms with Crippen LogP contribution in [-0.2, 0) is 14.3 Å². The number of nitrogens with one attached hydrogen (secondary N) is 1. The van der Waals surface area contributed by atoms with Gasteiger partial charge in [-0.25, -0.2) is 13.6 Å². The molecule has 0 fully saturated rings. The Morgan fingerprint density at radius 1 is 1.50 bits per heavy atom. The Morgan fingerprint density at radius 3 is 2.79 bits per heavy atom. The third kappa shape index (κ3) is 3.04. The predicted molar refractivity (Wildman–Crippen MR) is 77.4 cm³/mol. The lowest BCUT2D eigenvalue weighted by Crippen LogP contribution is -2.31. The zero-order chi connectivity index (χ0) is 17.9. The molecule has 24 heavy (non-hydrogen) atoms. The number of nitriles is 1. The normalized spacial score (nSPS) is 14.0. The molecule has 2 rings (SSSR count). The molecule has 0 bridgehead atoms. The van der Waals surface area contributed by atoms with Gasteiger partial charge in [-0.15, -0.1) is 0 Å². The molecule has 9 heteroatoms. The Kier molecular flexibility index (Phi) is 5.11. The first-order valence-electron chi connectivity index (χ1n) is 6.81. The lowest BCUT2D eigenvalue weighted by Gasteiger charge is -2.15. The fourth-order valence-electron chi connectivity index (χ4n) is 2.25. The van der Waals surface area contributed by atoms with E-state index >= 15 is 0 Å². The predicted octanol–water partition coefficient (Wildman–Crippen LogP) is 0.510. The molecule has 1 heterocycles. The Morgan fingerprint density at radius 2 is 2.21 bits per heavy atom. The average Bonchev–Trinajstić information content (AvgIpc) is 2.87. The summed E-state index contributed by atoms with van der Waals surface area (Å²) in [4.78, 5) is 25.3. The van der Waals surface area contributed by atoms with Gasteiger partial charge in [-0.2, -0.15) is 5.26 Å². The first kappa shape index (κ1) is 17.4. The second-order valence-corrected chi connectivity index (χ2v) is 4.82. The lowest BCUT2D eigenvalue weighted by molar-refractivity contribution is -0.136. The number of ether oxygens (including phenoxy) is 1. The highest BCUT2D eigenvalue weighted by Crippen LogP contribution is 2.26. The van der Waals surface area contributed by atoms with Crippen LogP contribution in [-0.4, -0.2) is 48.7 Å². The van der Waals surface area contributed by atoms with Crippen molar-refractivity contribution in [2.75, 3.05) is 32.1 Å². The van der Waals surface area contributed by atoms with Gasteiger partial charge in [0.2, 0.25) is 0 Å². The third-order valence-electron chi connectivity index (χ3n) is 3.42. The van der Waals surface area contributed by atoms with Crippen molar-refractivity contribution in [2.24, 2.45) is 0 Å².